The second-order valence-corrected chi connectivity index (χ2v) is 6.40. The van der Waals surface area contributed by atoms with Crippen LogP contribution in [0.1, 0.15) is 31.3 Å². The summed E-state index contributed by atoms with van der Waals surface area (Å²) in [7, 11) is 0. The number of aryl methyl sites for hydroxylation is 1. The summed E-state index contributed by atoms with van der Waals surface area (Å²) in [6.07, 6.45) is 0. The molecule has 0 bridgehead atoms. The molecule has 1 atom stereocenters. The van der Waals surface area contributed by atoms with E-state index in [1.807, 2.05) is 32.0 Å². The number of carbonyl (C=O) groups is 1. The predicted molar refractivity (Wildman–Crippen MR) is 107 cm³/mol. The van der Waals surface area contributed by atoms with Gasteiger partial charge >= 0.3 is 6.03 Å². The summed E-state index contributed by atoms with van der Waals surface area (Å²) in [5.41, 5.74) is 8.58. The Morgan fingerprint density at radius 2 is 2.00 bits per heavy atom. The summed E-state index contributed by atoms with van der Waals surface area (Å²) in [5, 5.41) is 5.99. The lowest BCUT2D eigenvalue weighted by Gasteiger charge is -2.17. The molecule has 1 heterocycles. The summed E-state index contributed by atoms with van der Waals surface area (Å²) in [4.78, 5) is 29.7. The van der Waals surface area contributed by atoms with Crippen LogP contribution in [0.15, 0.2) is 47.3 Å². The molecule has 7 heteroatoms. The Hall–Kier alpha value is -3.19. The van der Waals surface area contributed by atoms with Crippen LogP contribution < -0.4 is 21.9 Å². The fourth-order valence-corrected chi connectivity index (χ4v) is 3.03. The van der Waals surface area contributed by atoms with Gasteiger partial charge in [0.1, 0.15) is 5.82 Å². The van der Waals surface area contributed by atoms with Gasteiger partial charge in [0, 0.05) is 12.2 Å². The number of aromatic nitrogens is 2. The van der Waals surface area contributed by atoms with Crippen LogP contribution in [0.3, 0.4) is 0 Å². The molecule has 0 aliphatic heterocycles. The normalized spacial score (nSPS) is 12.0. The first-order valence-corrected chi connectivity index (χ1v) is 8.85. The molecule has 2 aromatic carbocycles. The molecular weight excluding hydrogens is 342 g/mol. The highest BCUT2D eigenvalue weighted by molar-refractivity contribution is 5.89. The van der Waals surface area contributed by atoms with Gasteiger partial charge in [0.2, 0.25) is 0 Å². The molecule has 0 saturated heterocycles. The van der Waals surface area contributed by atoms with Crippen molar-refractivity contribution >= 4 is 22.6 Å². The van der Waals surface area contributed by atoms with E-state index in [1.54, 1.807) is 31.2 Å². The van der Waals surface area contributed by atoms with E-state index in [0.29, 0.717) is 34.6 Å². The van der Waals surface area contributed by atoms with Crippen molar-refractivity contribution in [3.8, 4) is 5.69 Å². The standard InChI is InChI=1S/C20H23N5O2/c1-4-22-20(27)23-14-8-6-9-15(11-14)25-18(13(3)21)24-16-10-5-7-12(2)17(16)19(25)26/h5-11,13H,4,21H2,1-3H3,(H2,22,23,27)/t13-/m0/s1. The van der Waals surface area contributed by atoms with Gasteiger partial charge in [-0.1, -0.05) is 18.2 Å². The Morgan fingerprint density at radius 1 is 1.26 bits per heavy atom. The molecule has 0 fully saturated rings. The molecule has 0 spiro atoms. The van der Waals surface area contributed by atoms with Crippen molar-refractivity contribution < 1.29 is 4.79 Å². The number of carbonyl (C=O) groups excluding carboxylic acids is 1. The van der Waals surface area contributed by atoms with Crippen LogP contribution in [-0.2, 0) is 0 Å². The first kappa shape index (κ1) is 18.6. The quantitative estimate of drug-likeness (QED) is 0.661. The van der Waals surface area contributed by atoms with Gasteiger partial charge in [-0.3, -0.25) is 9.36 Å². The monoisotopic (exact) mass is 365 g/mol. The number of anilines is 1. The maximum Gasteiger partial charge on any atom is 0.319 e. The molecule has 3 rings (SSSR count). The van der Waals surface area contributed by atoms with E-state index < -0.39 is 6.04 Å². The number of amides is 2. The molecule has 0 aliphatic rings. The molecule has 0 saturated carbocycles. The van der Waals surface area contributed by atoms with Crippen molar-refractivity contribution in [1.29, 1.82) is 0 Å². The predicted octanol–water partition coefficient (Wildman–Crippen LogP) is 2.86. The van der Waals surface area contributed by atoms with Gasteiger partial charge in [0.25, 0.3) is 5.56 Å². The van der Waals surface area contributed by atoms with Crippen molar-refractivity contribution in [1.82, 2.24) is 14.9 Å². The molecule has 0 aliphatic carbocycles. The van der Waals surface area contributed by atoms with Gasteiger partial charge < -0.3 is 16.4 Å². The molecule has 3 aromatic rings. The third kappa shape index (κ3) is 3.68. The Labute approximate surface area is 157 Å². The molecule has 4 N–H and O–H groups in total. The van der Waals surface area contributed by atoms with E-state index in [9.17, 15) is 9.59 Å². The van der Waals surface area contributed by atoms with Crippen LogP contribution >= 0.6 is 0 Å². The highest BCUT2D eigenvalue weighted by Crippen LogP contribution is 2.20. The van der Waals surface area contributed by atoms with E-state index in [-0.39, 0.29) is 11.6 Å². The molecule has 140 valence electrons. The highest BCUT2D eigenvalue weighted by Gasteiger charge is 2.17. The smallest absolute Gasteiger partial charge is 0.319 e. The molecule has 27 heavy (non-hydrogen) atoms. The maximum absolute atomic E-state index is 13.3. The van der Waals surface area contributed by atoms with Gasteiger partial charge in [-0.05, 0) is 50.6 Å². The fraction of sp³-hybridized carbons (Fsp3) is 0.250. The van der Waals surface area contributed by atoms with Crippen molar-refractivity contribution in [2.75, 3.05) is 11.9 Å². The summed E-state index contributed by atoms with van der Waals surface area (Å²) in [6.45, 7) is 6.03. The SMILES string of the molecule is CCNC(=O)Nc1cccc(-n2c([C@H](C)N)nc3cccc(C)c3c2=O)c1. The summed E-state index contributed by atoms with van der Waals surface area (Å²) in [6, 6.07) is 11.9. The zero-order chi connectivity index (χ0) is 19.6. The number of fused-ring (bicyclic) bond motifs is 1. The Bertz CT molecular complexity index is 1060. The lowest BCUT2D eigenvalue weighted by Crippen LogP contribution is -2.29. The molecule has 2 amide bonds. The lowest BCUT2D eigenvalue weighted by molar-refractivity contribution is 0.252. The number of benzene rings is 2. The minimum absolute atomic E-state index is 0.180. The third-order valence-electron chi connectivity index (χ3n) is 4.24. The Morgan fingerprint density at radius 3 is 2.70 bits per heavy atom. The lowest BCUT2D eigenvalue weighted by atomic mass is 10.1. The summed E-state index contributed by atoms with van der Waals surface area (Å²) < 4.78 is 1.52. The average Bonchev–Trinajstić information content (AvgIpc) is 2.61. The first-order chi connectivity index (χ1) is 12.9. The average molecular weight is 365 g/mol. The molecule has 0 unspecified atom stereocenters. The number of nitrogens with one attached hydrogen (secondary N) is 2. The first-order valence-electron chi connectivity index (χ1n) is 8.85. The van der Waals surface area contributed by atoms with Crippen LogP contribution in [-0.4, -0.2) is 22.1 Å². The van der Waals surface area contributed by atoms with Crippen molar-refractivity contribution in [2.24, 2.45) is 5.73 Å². The van der Waals surface area contributed by atoms with E-state index in [4.69, 9.17) is 5.73 Å². The van der Waals surface area contributed by atoms with Crippen molar-refractivity contribution in [2.45, 2.75) is 26.8 Å². The van der Waals surface area contributed by atoms with E-state index in [2.05, 4.69) is 15.6 Å². The minimum atomic E-state index is -0.442. The second kappa shape index (κ2) is 7.59. The van der Waals surface area contributed by atoms with Crippen LogP contribution in [0.2, 0.25) is 0 Å². The topological polar surface area (TPSA) is 102 Å². The van der Waals surface area contributed by atoms with E-state index in [1.165, 1.54) is 4.57 Å². The number of hydrogen-bond acceptors (Lipinski definition) is 4. The minimum Gasteiger partial charge on any atom is -0.338 e. The zero-order valence-electron chi connectivity index (χ0n) is 15.6. The second-order valence-electron chi connectivity index (χ2n) is 6.40. The molecular formula is C20H23N5O2. The number of urea groups is 1. The molecule has 7 nitrogen and oxygen atoms in total. The number of rotatable bonds is 4. The number of nitrogens with two attached hydrogens (primary N) is 1. The third-order valence-corrected chi connectivity index (χ3v) is 4.24. The molecule has 1 aromatic heterocycles. The fourth-order valence-electron chi connectivity index (χ4n) is 3.03. The maximum atomic E-state index is 13.3. The van der Waals surface area contributed by atoms with Gasteiger partial charge in [-0.2, -0.15) is 0 Å². The van der Waals surface area contributed by atoms with Crippen LogP contribution in [0.4, 0.5) is 10.5 Å². The number of nitrogens with zero attached hydrogens (tertiary/aromatic N) is 2. The number of hydrogen-bond donors (Lipinski definition) is 3. The Kier molecular flexibility index (Phi) is 5.23. The van der Waals surface area contributed by atoms with Crippen LogP contribution in [0, 0.1) is 6.92 Å². The van der Waals surface area contributed by atoms with Gasteiger partial charge in [0.15, 0.2) is 0 Å². The Balaban J connectivity index is 2.20. The van der Waals surface area contributed by atoms with Gasteiger partial charge in [-0.15, -0.1) is 0 Å². The summed E-state index contributed by atoms with van der Waals surface area (Å²) in [5.74, 6) is 0.466. The van der Waals surface area contributed by atoms with Crippen LogP contribution in [0.5, 0.6) is 0 Å². The van der Waals surface area contributed by atoms with Crippen molar-refractivity contribution in [3.63, 3.8) is 0 Å². The van der Waals surface area contributed by atoms with Gasteiger partial charge in [0.05, 0.1) is 22.6 Å². The zero-order valence-corrected chi connectivity index (χ0v) is 15.6. The summed E-state index contributed by atoms with van der Waals surface area (Å²) >= 11 is 0. The van der Waals surface area contributed by atoms with E-state index >= 15 is 0 Å². The van der Waals surface area contributed by atoms with Crippen LogP contribution in [0.25, 0.3) is 16.6 Å². The van der Waals surface area contributed by atoms with Crippen molar-refractivity contribution in [3.05, 3.63) is 64.2 Å². The highest BCUT2D eigenvalue weighted by atomic mass is 16.2. The van der Waals surface area contributed by atoms with Gasteiger partial charge in [-0.25, -0.2) is 9.78 Å². The largest absolute Gasteiger partial charge is 0.338 e. The van der Waals surface area contributed by atoms with E-state index in [0.717, 1.165) is 5.56 Å². The molecule has 0 radical (unpaired) electrons.